The van der Waals surface area contributed by atoms with Crippen molar-refractivity contribution in [3.8, 4) is 0 Å². The Labute approximate surface area is 139 Å². The van der Waals surface area contributed by atoms with Gasteiger partial charge in [0.25, 0.3) is 5.56 Å². The average molecular weight is 328 g/mol. The standard InChI is InChI=1S/C16H20N6O2/c1-11-6-5-9-22-13(11)19-14(21-7-3-2-4-8-21)12(15(22)23)10-18-20-16(17)24/h5-6,9-10H,2-4,7-8H2,1H3,(H3,17,20,24). The van der Waals surface area contributed by atoms with Crippen LogP contribution in [0.5, 0.6) is 0 Å². The molecule has 0 bridgehead atoms. The number of hydrogen-bond donors (Lipinski definition) is 2. The molecule has 1 fully saturated rings. The van der Waals surface area contributed by atoms with Crippen LogP contribution in [0.15, 0.2) is 28.2 Å². The molecule has 0 unspecified atom stereocenters. The number of piperidine rings is 1. The number of fused-ring (bicyclic) bond motifs is 1. The summed E-state index contributed by atoms with van der Waals surface area (Å²) < 4.78 is 1.49. The van der Waals surface area contributed by atoms with Gasteiger partial charge in [-0.25, -0.2) is 15.2 Å². The van der Waals surface area contributed by atoms with Crippen molar-refractivity contribution >= 4 is 23.7 Å². The summed E-state index contributed by atoms with van der Waals surface area (Å²) >= 11 is 0. The Morgan fingerprint density at radius 2 is 2.12 bits per heavy atom. The quantitative estimate of drug-likeness (QED) is 0.647. The summed E-state index contributed by atoms with van der Waals surface area (Å²) in [6, 6.07) is 2.94. The van der Waals surface area contributed by atoms with E-state index in [1.165, 1.54) is 17.0 Å². The van der Waals surface area contributed by atoms with E-state index in [4.69, 9.17) is 10.7 Å². The van der Waals surface area contributed by atoms with Crippen molar-refractivity contribution in [3.05, 3.63) is 39.8 Å². The summed E-state index contributed by atoms with van der Waals surface area (Å²) in [5, 5.41) is 3.76. The Morgan fingerprint density at radius 1 is 1.38 bits per heavy atom. The Kier molecular flexibility index (Phi) is 4.45. The maximum Gasteiger partial charge on any atom is 0.332 e. The molecule has 126 valence electrons. The molecule has 2 amide bonds. The van der Waals surface area contributed by atoms with Crippen LogP contribution in [0.3, 0.4) is 0 Å². The van der Waals surface area contributed by atoms with Crippen molar-refractivity contribution in [2.75, 3.05) is 18.0 Å². The number of carbonyl (C=O) groups is 1. The summed E-state index contributed by atoms with van der Waals surface area (Å²) in [6.45, 7) is 3.61. The van der Waals surface area contributed by atoms with E-state index in [1.54, 1.807) is 12.3 Å². The van der Waals surface area contributed by atoms with Gasteiger partial charge >= 0.3 is 6.03 Å². The maximum absolute atomic E-state index is 12.9. The summed E-state index contributed by atoms with van der Waals surface area (Å²) in [6.07, 6.45) is 6.29. The first-order chi connectivity index (χ1) is 11.6. The number of anilines is 1. The van der Waals surface area contributed by atoms with Crippen LogP contribution in [-0.2, 0) is 0 Å². The van der Waals surface area contributed by atoms with Crippen molar-refractivity contribution in [2.45, 2.75) is 26.2 Å². The molecular weight excluding hydrogens is 308 g/mol. The molecule has 2 aromatic rings. The van der Waals surface area contributed by atoms with Gasteiger partial charge in [-0.15, -0.1) is 0 Å². The fraction of sp³-hybridized carbons (Fsp3) is 0.375. The molecule has 0 aromatic carbocycles. The fourth-order valence-electron chi connectivity index (χ4n) is 2.92. The number of aromatic nitrogens is 2. The molecule has 1 aliphatic heterocycles. The van der Waals surface area contributed by atoms with Crippen LogP contribution in [0.2, 0.25) is 0 Å². The second-order valence-electron chi connectivity index (χ2n) is 5.82. The molecule has 1 saturated heterocycles. The highest BCUT2D eigenvalue weighted by Crippen LogP contribution is 2.20. The number of amides is 2. The zero-order valence-electron chi connectivity index (χ0n) is 13.5. The first-order valence-electron chi connectivity index (χ1n) is 7.93. The van der Waals surface area contributed by atoms with Gasteiger partial charge in [-0.2, -0.15) is 5.10 Å². The third kappa shape index (κ3) is 3.08. The van der Waals surface area contributed by atoms with Crippen molar-refractivity contribution in [1.82, 2.24) is 14.8 Å². The van der Waals surface area contributed by atoms with Crippen molar-refractivity contribution in [1.29, 1.82) is 0 Å². The fourth-order valence-corrected chi connectivity index (χ4v) is 2.92. The van der Waals surface area contributed by atoms with Crippen LogP contribution < -0.4 is 21.6 Å². The lowest BCUT2D eigenvalue weighted by Gasteiger charge is -2.29. The Balaban J connectivity index is 2.17. The third-order valence-corrected chi connectivity index (χ3v) is 4.09. The van der Waals surface area contributed by atoms with Gasteiger partial charge in [-0.05, 0) is 37.8 Å². The number of aryl methyl sites for hydroxylation is 1. The van der Waals surface area contributed by atoms with Crippen LogP contribution in [0.1, 0.15) is 30.4 Å². The number of carbonyl (C=O) groups excluding carboxylic acids is 1. The predicted octanol–water partition coefficient (Wildman–Crippen LogP) is 0.995. The number of nitrogens with one attached hydrogen (secondary N) is 1. The molecule has 0 aliphatic carbocycles. The Morgan fingerprint density at radius 3 is 2.83 bits per heavy atom. The molecule has 8 nitrogen and oxygen atoms in total. The minimum Gasteiger partial charge on any atom is -0.356 e. The Hall–Kier alpha value is -2.90. The van der Waals surface area contributed by atoms with Crippen LogP contribution in [0.4, 0.5) is 10.6 Å². The van der Waals surface area contributed by atoms with Crippen LogP contribution in [0.25, 0.3) is 5.65 Å². The van der Waals surface area contributed by atoms with Gasteiger partial charge in [-0.3, -0.25) is 9.20 Å². The number of urea groups is 1. The maximum atomic E-state index is 12.9. The van der Waals surface area contributed by atoms with E-state index in [-0.39, 0.29) is 5.56 Å². The summed E-state index contributed by atoms with van der Waals surface area (Å²) in [5.74, 6) is 0.601. The first kappa shape index (κ1) is 16.0. The lowest BCUT2D eigenvalue weighted by atomic mass is 10.1. The van der Waals surface area contributed by atoms with Gasteiger partial charge in [0.1, 0.15) is 17.0 Å². The number of hydrazone groups is 1. The lowest BCUT2D eigenvalue weighted by molar-refractivity contribution is 0.249. The van der Waals surface area contributed by atoms with Gasteiger partial charge < -0.3 is 10.6 Å². The van der Waals surface area contributed by atoms with Crippen LogP contribution in [0, 0.1) is 6.92 Å². The molecule has 0 saturated carbocycles. The van der Waals surface area contributed by atoms with E-state index in [0.29, 0.717) is 17.0 Å². The van der Waals surface area contributed by atoms with Crippen molar-refractivity contribution < 1.29 is 4.79 Å². The number of rotatable bonds is 3. The monoisotopic (exact) mass is 328 g/mol. The highest BCUT2D eigenvalue weighted by atomic mass is 16.2. The minimum atomic E-state index is -0.782. The van der Waals surface area contributed by atoms with Gasteiger partial charge in [-0.1, -0.05) is 6.07 Å². The van der Waals surface area contributed by atoms with Gasteiger partial charge in [0.2, 0.25) is 0 Å². The lowest BCUT2D eigenvalue weighted by Crippen LogP contribution is -2.34. The second kappa shape index (κ2) is 6.69. The second-order valence-corrected chi connectivity index (χ2v) is 5.82. The third-order valence-electron chi connectivity index (χ3n) is 4.09. The molecule has 0 atom stereocenters. The minimum absolute atomic E-state index is 0.223. The van der Waals surface area contributed by atoms with Gasteiger partial charge in [0.15, 0.2) is 0 Å². The van der Waals surface area contributed by atoms with E-state index < -0.39 is 6.03 Å². The van der Waals surface area contributed by atoms with Crippen molar-refractivity contribution in [2.24, 2.45) is 10.8 Å². The van der Waals surface area contributed by atoms with Crippen LogP contribution in [-0.4, -0.2) is 34.7 Å². The molecule has 8 heteroatoms. The zero-order chi connectivity index (χ0) is 17.1. The van der Waals surface area contributed by atoms with Gasteiger partial charge in [0.05, 0.1) is 6.21 Å². The van der Waals surface area contributed by atoms with E-state index >= 15 is 0 Å². The molecule has 3 heterocycles. The SMILES string of the molecule is Cc1cccn2c(=O)c(C=NNC(N)=O)c(N3CCCCC3)nc12. The average Bonchev–Trinajstić information content (AvgIpc) is 2.58. The van der Waals surface area contributed by atoms with E-state index in [2.05, 4.69) is 15.4 Å². The van der Waals surface area contributed by atoms with E-state index in [9.17, 15) is 9.59 Å². The molecule has 24 heavy (non-hydrogen) atoms. The topological polar surface area (TPSA) is 105 Å². The first-order valence-corrected chi connectivity index (χ1v) is 7.93. The highest BCUT2D eigenvalue weighted by molar-refractivity contribution is 5.87. The smallest absolute Gasteiger partial charge is 0.332 e. The highest BCUT2D eigenvalue weighted by Gasteiger charge is 2.20. The summed E-state index contributed by atoms with van der Waals surface area (Å²) in [7, 11) is 0. The van der Waals surface area contributed by atoms with Crippen molar-refractivity contribution in [3.63, 3.8) is 0 Å². The normalized spacial score (nSPS) is 15.1. The molecule has 3 rings (SSSR count). The number of nitrogens with zero attached hydrogens (tertiary/aromatic N) is 4. The molecule has 0 spiro atoms. The Bertz CT molecular complexity index is 852. The number of pyridine rings is 1. The largest absolute Gasteiger partial charge is 0.356 e. The zero-order valence-corrected chi connectivity index (χ0v) is 13.5. The molecular formula is C16H20N6O2. The van der Waals surface area contributed by atoms with Crippen LogP contribution >= 0.6 is 0 Å². The predicted molar refractivity (Wildman–Crippen MR) is 92.6 cm³/mol. The molecule has 0 radical (unpaired) electrons. The summed E-state index contributed by atoms with van der Waals surface area (Å²) in [5.41, 5.74) is 8.81. The summed E-state index contributed by atoms with van der Waals surface area (Å²) in [4.78, 5) is 30.5. The molecule has 2 aromatic heterocycles. The van der Waals surface area contributed by atoms with E-state index in [1.807, 2.05) is 13.0 Å². The number of nitrogens with two attached hydrogens (primary N) is 1. The van der Waals surface area contributed by atoms with E-state index in [0.717, 1.165) is 31.5 Å². The molecule has 1 aliphatic rings. The number of primary amides is 1. The van der Waals surface area contributed by atoms with Gasteiger partial charge in [0, 0.05) is 19.3 Å². The number of hydrogen-bond acceptors (Lipinski definition) is 5. The molecule has 3 N–H and O–H groups in total.